The lowest BCUT2D eigenvalue weighted by atomic mass is 9.99. The van der Waals surface area contributed by atoms with E-state index in [1.807, 2.05) is 0 Å². The Morgan fingerprint density at radius 2 is 1.86 bits per heavy atom. The molecule has 1 fully saturated rings. The van der Waals surface area contributed by atoms with Crippen molar-refractivity contribution in [1.29, 1.82) is 0 Å². The van der Waals surface area contributed by atoms with Crippen LogP contribution in [0.2, 0.25) is 0 Å². The van der Waals surface area contributed by atoms with Crippen LogP contribution < -0.4 is 0 Å². The number of nitrogens with zero attached hydrogens (tertiary/aromatic N) is 1. The van der Waals surface area contributed by atoms with E-state index in [0.29, 0.717) is 18.4 Å². The molecule has 1 aromatic carbocycles. The van der Waals surface area contributed by atoms with Crippen LogP contribution in [0.3, 0.4) is 0 Å². The number of carbonyl (C=O) groups is 2. The highest BCUT2D eigenvalue weighted by molar-refractivity contribution is 7.89. The summed E-state index contributed by atoms with van der Waals surface area (Å²) < 4.78 is 31.3. The number of esters is 1. The number of benzene rings is 1. The molecule has 0 unspecified atom stereocenters. The Morgan fingerprint density at radius 3 is 2.41 bits per heavy atom. The van der Waals surface area contributed by atoms with Crippen molar-refractivity contribution in [3.05, 3.63) is 29.8 Å². The van der Waals surface area contributed by atoms with Crippen molar-refractivity contribution in [2.75, 3.05) is 20.2 Å². The Morgan fingerprint density at radius 1 is 1.23 bits per heavy atom. The number of sulfonamides is 1. The highest BCUT2D eigenvalue weighted by Crippen LogP contribution is 2.25. The molecule has 0 bridgehead atoms. The molecule has 0 amide bonds. The summed E-state index contributed by atoms with van der Waals surface area (Å²) in [5.41, 5.74) is 0.366. The summed E-state index contributed by atoms with van der Waals surface area (Å²) in [5.74, 6) is -0.725. The molecule has 0 aromatic heterocycles. The number of methoxy groups -OCH3 is 1. The number of ketones is 1. The zero-order valence-electron chi connectivity index (χ0n) is 12.6. The monoisotopic (exact) mass is 325 g/mol. The third-order valence-electron chi connectivity index (χ3n) is 3.87. The minimum Gasteiger partial charge on any atom is -0.469 e. The highest BCUT2D eigenvalue weighted by atomic mass is 32.2. The Hall–Kier alpha value is -1.73. The van der Waals surface area contributed by atoms with E-state index < -0.39 is 10.0 Å². The molecular formula is C15H19NO5S. The van der Waals surface area contributed by atoms with Gasteiger partial charge in [0.05, 0.1) is 17.9 Å². The van der Waals surface area contributed by atoms with Gasteiger partial charge in [-0.1, -0.05) is 12.1 Å². The average Bonchev–Trinajstić information content (AvgIpc) is 2.54. The Bertz CT molecular complexity index is 675. The SMILES string of the molecule is COC(=O)C1CCN(S(=O)(=O)c2cccc(C(C)=O)c2)CC1. The average molecular weight is 325 g/mol. The molecular weight excluding hydrogens is 306 g/mol. The van der Waals surface area contributed by atoms with Crippen LogP contribution in [0.25, 0.3) is 0 Å². The molecule has 1 aliphatic rings. The Labute approximate surface area is 130 Å². The van der Waals surface area contributed by atoms with Crippen LogP contribution in [-0.4, -0.2) is 44.7 Å². The molecule has 1 aliphatic heterocycles. The van der Waals surface area contributed by atoms with Gasteiger partial charge in [0.1, 0.15) is 0 Å². The third kappa shape index (κ3) is 3.36. The molecule has 0 spiro atoms. The minimum absolute atomic E-state index is 0.108. The first-order valence-corrected chi connectivity index (χ1v) is 8.49. The van der Waals surface area contributed by atoms with Crippen molar-refractivity contribution >= 4 is 21.8 Å². The maximum Gasteiger partial charge on any atom is 0.308 e. The number of Topliss-reactive ketones (excluding diaryl/α,β-unsaturated/α-hetero) is 1. The first-order chi connectivity index (χ1) is 10.4. The van der Waals surface area contributed by atoms with Gasteiger partial charge in [0, 0.05) is 18.7 Å². The largest absolute Gasteiger partial charge is 0.469 e. The summed E-state index contributed by atoms with van der Waals surface area (Å²) in [6.45, 7) is 1.94. The van der Waals surface area contributed by atoms with Gasteiger partial charge in [-0.05, 0) is 31.9 Å². The van der Waals surface area contributed by atoms with Gasteiger partial charge in [-0.3, -0.25) is 9.59 Å². The zero-order chi connectivity index (χ0) is 16.3. The molecule has 22 heavy (non-hydrogen) atoms. The summed E-state index contributed by atoms with van der Waals surface area (Å²) in [5, 5.41) is 0. The zero-order valence-corrected chi connectivity index (χ0v) is 13.4. The predicted molar refractivity (Wildman–Crippen MR) is 79.9 cm³/mol. The van der Waals surface area contributed by atoms with Crippen LogP contribution in [0, 0.1) is 5.92 Å². The van der Waals surface area contributed by atoms with E-state index in [4.69, 9.17) is 4.74 Å². The van der Waals surface area contributed by atoms with Crippen molar-refractivity contribution in [3.63, 3.8) is 0 Å². The fraction of sp³-hybridized carbons (Fsp3) is 0.467. The van der Waals surface area contributed by atoms with Crippen molar-refractivity contribution in [2.24, 2.45) is 5.92 Å². The molecule has 0 saturated carbocycles. The first-order valence-electron chi connectivity index (χ1n) is 7.05. The van der Waals surface area contributed by atoms with Crippen LogP contribution in [0.5, 0.6) is 0 Å². The quantitative estimate of drug-likeness (QED) is 0.618. The molecule has 1 heterocycles. The normalized spacial score (nSPS) is 17.2. The van der Waals surface area contributed by atoms with Gasteiger partial charge in [0.2, 0.25) is 10.0 Å². The van der Waals surface area contributed by atoms with Crippen molar-refractivity contribution in [2.45, 2.75) is 24.7 Å². The summed E-state index contributed by atoms with van der Waals surface area (Å²) in [7, 11) is -2.31. The van der Waals surface area contributed by atoms with Gasteiger partial charge in [-0.2, -0.15) is 4.31 Å². The molecule has 2 rings (SSSR count). The Balaban J connectivity index is 2.17. The van der Waals surface area contributed by atoms with E-state index in [-0.39, 0.29) is 35.7 Å². The van der Waals surface area contributed by atoms with Gasteiger partial charge in [-0.15, -0.1) is 0 Å². The molecule has 1 aromatic rings. The van der Waals surface area contributed by atoms with Crippen molar-refractivity contribution < 1.29 is 22.7 Å². The molecule has 0 radical (unpaired) electrons. The molecule has 7 heteroatoms. The lowest BCUT2D eigenvalue weighted by Crippen LogP contribution is -2.40. The number of piperidine rings is 1. The standard InChI is InChI=1S/C15H19NO5S/c1-11(17)13-4-3-5-14(10-13)22(19,20)16-8-6-12(7-9-16)15(18)21-2/h3-5,10,12H,6-9H2,1-2H3. The fourth-order valence-corrected chi connectivity index (χ4v) is 4.04. The molecule has 0 aliphatic carbocycles. The number of ether oxygens (including phenoxy) is 1. The second kappa shape index (κ2) is 6.58. The number of carbonyl (C=O) groups excluding carboxylic acids is 2. The van der Waals surface area contributed by atoms with Crippen LogP contribution in [-0.2, 0) is 19.6 Å². The predicted octanol–water partition coefficient (Wildman–Crippen LogP) is 1.46. The number of hydrogen-bond donors (Lipinski definition) is 0. The summed E-state index contributed by atoms with van der Waals surface area (Å²) >= 11 is 0. The number of hydrogen-bond acceptors (Lipinski definition) is 5. The topological polar surface area (TPSA) is 80.8 Å². The molecule has 6 nitrogen and oxygen atoms in total. The molecule has 1 saturated heterocycles. The highest BCUT2D eigenvalue weighted by Gasteiger charge is 2.32. The van der Waals surface area contributed by atoms with Gasteiger partial charge < -0.3 is 4.74 Å². The van der Waals surface area contributed by atoms with E-state index in [9.17, 15) is 18.0 Å². The summed E-state index contributed by atoms with van der Waals surface area (Å²) in [6, 6.07) is 6.02. The Kier molecular flexibility index (Phi) is 4.97. The van der Waals surface area contributed by atoms with Gasteiger partial charge in [0.25, 0.3) is 0 Å². The molecule has 0 N–H and O–H groups in total. The van der Waals surface area contributed by atoms with Crippen LogP contribution in [0.15, 0.2) is 29.2 Å². The summed E-state index contributed by atoms with van der Waals surface area (Å²) in [4.78, 5) is 23.0. The molecule has 0 atom stereocenters. The fourth-order valence-electron chi connectivity index (χ4n) is 2.52. The maximum absolute atomic E-state index is 12.6. The lowest BCUT2D eigenvalue weighted by molar-refractivity contribution is -0.146. The van der Waals surface area contributed by atoms with E-state index in [1.165, 1.54) is 30.5 Å². The minimum atomic E-state index is -3.64. The lowest BCUT2D eigenvalue weighted by Gasteiger charge is -2.29. The van der Waals surface area contributed by atoms with Gasteiger partial charge >= 0.3 is 5.97 Å². The van der Waals surface area contributed by atoms with Gasteiger partial charge in [0.15, 0.2) is 5.78 Å². The van der Waals surface area contributed by atoms with E-state index in [1.54, 1.807) is 12.1 Å². The second-order valence-electron chi connectivity index (χ2n) is 5.29. The first kappa shape index (κ1) is 16.6. The third-order valence-corrected chi connectivity index (χ3v) is 5.76. The van der Waals surface area contributed by atoms with Crippen LogP contribution >= 0.6 is 0 Å². The van der Waals surface area contributed by atoms with E-state index >= 15 is 0 Å². The molecule has 120 valence electrons. The van der Waals surface area contributed by atoms with Crippen LogP contribution in [0.1, 0.15) is 30.1 Å². The van der Waals surface area contributed by atoms with E-state index in [0.717, 1.165) is 0 Å². The van der Waals surface area contributed by atoms with E-state index in [2.05, 4.69) is 0 Å². The van der Waals surface area contributed by atoms with Crippen molar-refractivity contribution in [3.8, 4) is 0 Å². The second-order valence-corrected chi connectivity index (χ2v) is 7.22. The number of rotatable bonds is 4. The van der Waals surface area contributed by atoms with Crippen LogP contribution in [0.4, 0.5) is 0 Å². The smallest absolute Gasteiger partial charge is 0.308 e. The van der Waals surface area contributed by atoms with Crippen molar-refractivity contribution in [1.82, 2.24) is 4.31 Å². The van der Waals surface area contributed by atoms with Gasteiger partial charge in [-0.25, -0.2) is 8.42 Å². The summed E-state index contributed by atoms with van der Waals surface area (Å²) in [6.07, 6.45) is 0.886. The maximum atomic E-state index is 12.6.